The molecule has 2 aromatic rings. The average molecular weight is 580 g/mol. The molecule has 15 heteroatoms. The largest absolute Gasteiger partial charge is 0.433 e. The summed E-state index contributed by atoms with van der Waals surface area (Å²) in [6.07, 6.45) is -0.459. The quantitative estimate of drug-likeness (QED) is 0.396. The zero-order valence-corrected chi connectivity index (χ0v) is 21.9. The molecule has 0 saturated carbocycles. The van der Waals surface area contributed by atoms with E-state index in [4.69, 9.17) is 17.3 Å². The molecule has 38 heavy (non-hydrogen) atoms. The van der Waals surface area contributed by atoms with E-state index in [1.165, 1.54) is 26.8 Å². The second-order valence-corrected chi connectivity index (χ2v) is 13.1. The van der Waals surface area contributed by atoms with Crippen molar-refractivity contribution in [3.8, 4) is 5.75 Å². The van der Waals surface area contributed by atoms with Gasteiger partial charge in [-0.1, -0.05) is 11.6 Å². The lowest BCUT2D eigenvalue weighted by molar-refractivity contribution is -0.0500. The van der Waals surface area contributed by atoms with Gasteiger partial charge in [0.2, 0.25) is 0 Å². The Morgan fingerprint density at radius 1 is 1.29 bits per heavy atom. The summed E-state index contributed by atoms with van der Waals surface area (Å²) in [5, 5.41) is -1.70. The first-order valence-electron chi connectivity index (χ1n) is 11.2. The number of alkyl halides is 4. The van der Waals surface area contributed by atoms with Crippen LogP contribution >= 0.6 is 11.6 Å². The van der Waals surface area contributed by atoms with Crippen molar-refractivity contribution < 1.29 is 35.7 Å². The van der Waals surface area contributed by atoms with Crippen molar-refractivity contribution in [1.29, 1.82) is 0 Å². The molecule has 8 nitrogen and oxygen atoms in total. The fraction of sp³-hybridized carbons (Fsp3) is 0.478. The second kappa shape index (κ2) is 9.40. The van der Waals surface area contributed by atoms with E-state index in [9.17, 15) is 26.6 Å². The van der Waals surface area contributed by atoms with Crippen LogP contribution in [0, 0.1) is 5.82 Å². The van der Waals surface area contributed by atoms with Crippen molar-refractivity contribution in [3.63, 3.8) is 0 Å². The number of hydrogen-bond donors (Lipinski definition) is 1. The number of fused-ring (bicyclic) bond motifs is 1. The highest BCUT2D eigenvalue weighted by Crippen LogP contribution is 2.49. The lowest BCUT2D eigenvalue weighted by Gasteiger charge is -2.48. The molecule has 0 aliphatic carbocycles. The number of halogens is 6. The molecule has 0 spiro atoms. The monoisotopic (exact) mass is 579 g/mol. The summed E-state index contributed by atoms with van der Waals surface area (Å²) in [5.41, 5.74) is 3.54. The first-order valence-corrected chi connectivity index (χ1v) is 13.2. The minimum atomic E-state index is -3.48. The standard InChI is InChI=1S/C23H23ClF5N5O3S/c1-21(2)19(30)34-22(3,16-8-23(28,29)10-32-38(16,21)36)18-14(25)5-4-11(33-18)6-15(35)17-13(24)7-12(9-31-17)37-20(26)27/h4-5,7,9,16,20H,6,8,10H2,1-3H3,(H2,30,34)/t16-,22+,38-/m1/s1. The zero-order valence-electron chi connectivity index (χ0n) is 20.4. The van der Waals surface area contributed by atoms with E-state index in [1.54, 1.807) is 0 Å². The highest BCUT2D eigenvalue weighted by molar-refractivity contribution is 7.96. The van der Waals surface area contributed by atoms with Gasteiger partial charge in [0.1, 0.15) is 45.6 Å². The van der Waals surface area contributed by atoms with Crippen LogP contribution in [-0.2, 0) is 21.7 Å². The maximum absolute atomic E-state index is 15.2. The lowest BCUT2D eigenvalue weighted by atomic mass is 9.87. The number of nitrogens with zero attached hydrogens (tertiary/aromatic N) is 4. The number of ether oxygens (including phenoxy) is 1. The normalized spacial score (nSPS) is 27.7. The minimum Gasteiger partial charge on any atom is -0.433 e. The lowest BCUT2D eigenvalue weighted by Crippen LogP contribution is -2.62. The average Bonchev–Trinajstić information content (AvgIpc) is 2.80. The molecule has 4 rings (SSSR count). The van der Waals surface area contributed by atoms with Gasteiger partial charge in [-0.3, -0.25) is 14.8 Å². The molecule has 3 atom stereocenters. The Bertz CT molecular complexity index is 1460. The summed E-state index contributed by atoms with van der Waals surface area (Å²) in [7, 11) is -3.48. The molecule has 2 aromatic heterocycles. The third kappa shape index (κ3) is 4.72. The molecule has 2 aliphatic heterocycles. The van der Waals surface area contributed by atoms with Crippen LogP contribution in [0.1, 0.15) is 49.1 Å². The van der Waals surface area contributed by atoms with Crippen molar-refractivity contribution >= 4 is 32.9 Å². The van der Waals surface area contributed by atoms with Crippen LogP contribution in [0.25, 0.3) is 0 Å². The third-order valence-electron chi connectivity index (χ3n) is 6.72. The molecule has 0 fully saturated rings. The SMILES string of the molecule is CC1(C)C(N)=N[C@](C)(c2nc(CC(=O)c3ncc(OC(F)F)cc3Cl)ccc2F)[C@H]2CC(F)(F)CN=[S@@]21=O. The molecule has 0 radical (unpaired) electrons. The Hall–Kier alpha value is -2.87. The van der Waals surface area contributed by atoms with Gasteiger partial charge in [-0.25, -0.2) is 26.7 Å². The van der Waals surface area contributed by atoms with Crippen LogP contribution in [0.5, 0.6) is 5.75 Å². The van der Waals surface area contributed by atoms with E-state index in [-0.39, 0.29) is 28.0 Å². The number of aromatic nitrogens is 2. The Morgan fingerprint density at radius 3 is 2.61 bits per heavy atom. The molecular weight excluding hydrogens is 557 g/mol. The molecule has 0 bridgehead atoms. The van der Waals surface area contributed by atoms with Gasteiger partial charge in [-0.15, -0.1) is 0 Å². The van der Waals surface area contributed by atoms with Gasteiger partial charge in [0, 0.05) is 18.2 Å². The summed E-state index contributed by atoms with van der Waals surface area (Å²) >= 11 is 6.00. The highest BCUT2D eigenvalue weighted by Gasteiger charge is 2.60. The van der Waals surface area contributed by atoms with Gasteiger partial charge in [0.15, 0.2) is 5.78 Å². The number of pyridine rings is 2. The maximum Gasteiger partial charge on any atom is 0.387 e. The third-order valence-corrected chi connectivity index (χ3v) is 10.6. The van der Waals surface area contributed by atoms with Crippen molar-refractivity contribution in [2.45, 2.75) is 61.7 Å². The summed E-state index contributed by atoms with van der Waals surface area (Å²) in [6, 6.07) is 3.17. The number of carbonyl (C=O) groups excluding carboxylic acids is 1. The number of Topliss-reactive ketones (excluding diaryl/α,β-unsaturated/α-hetero) is 1. The first-order chi connectivity index (χ1) is 17.5. The van der Waals surface area contributed by atoms with Crippen LogP contribution in [0.15, 0.2) is 33.8 Å². The van der Waals surface area contributed by atoms with E-state index >= 15 is 4.39 Å². The Balaban J connectivity index is 1.74. The molecule has 206 valence electrons. The van der Waals surface area contributed by atoms with Gasteiger partial charge in [0.25, 0.3) is 5.92 Å². The van der Waals surface area contributed by atoms with Crippen LogP contribution < -0.4 is 10.5 Å². The van der Waals surface area contributed by atoms with Gasteiger partial charge in [-0.2, -0.15) is 8.78 Å². The number of ketones is 1. The molecular formula is C23H23ClF5N5O3S. The van der Waals surface area contributed by atoms with E-state index in [0.717, 1.165) is 18.3 Å². The van der Waals surface area contributed by atoms with Crippen LogP contribution in [0.4, 0.5) is 22.0 Å². The molecule has 0 unspecified atom stereocenters. The van der Waals surface area contributed by atoms with E-state index in [0.29, 0.717) is 0 Å². The number of amidine groups is 1. The summed E-state index contributed by atoms with van der Waals surface area (Å²) in [4.78, 5) is 25.2. The van der Waals surface area contributed by atoms with Crippen molar-refractivity contribution in [2.24, 2.45) is 15.1 Å². The van der Waals surface area contributed by atoms with Crippen molar-refractivity contribution in [2.75, 3.05) is 6.54 Å². The van der Waals surface area contributed by atoms with Crippen LogP contribution in [-0.4, -0.2) is 54.9 Å². The highest BCUT2D eigenvalue weighted by atomic mass is 35.5. The summed E-state index contributed by atoms with van der Waals surface area (Å²) in [5.74, 6) is -5.44. The fourth-order valence-electron chi connectivity index (χ4n) is 4.55. The number of hydrogen-bond acceptors (Lipinski definition) is 8. The molecule has 4 heterocycles. The number of aliphatic imine (C=N–C) groups is 1. The Morgan fingerprint density at radius 2 is 1.97 bits per heavy atom. The van der Waals surface area contributed by atoms with Crippen molar-refractivity contribution in [3.05, 3.63) is 52.3 Å². The molecule has 2 aliphatic rings. The van der Waals surface area contributed by atoms with E-state index in [2.05, 4.69) is 24.1 Å². The Labute approximate surface area is 220 Å². The second-order valence-electron chi connectivity index (χ2n) is 9.67. The van der Waals surface area contributed by atoms with Gasteiger partial charge in [-0.05, 0) is 32.9 Å². The van der Waals surface area contributed by atoms with Crippen LogP contribution in [0.3, 0.4) is 0 Å². The van der Waals surface area contributed by atoms with Crippen LogP contribution in [0.2, 0.25) is 5.02 Å². The molecule has 2 N–H and O–H groups in total. The zero-order chi connectivity index (χ0) is 28.3. The summed E-state index contributed by atoms with van der Waals surface area (Å²) in [6.45, 7) is 0.204. The Kier molecular flexibility index (Phi) is 6.96. The molecule has 0 amide bonds. The number of carbonyl (C=O) groups is 1. The predicted octanol–water partition coefficient (Wildman–Crippen LogP) is 4.54. The van der Waals surface area contributed by atoms with Gasteiger partial charge < -0.3 is 10.5 Å². The van der Waals surface area contributed by atoms with E-state index in [1.807, 2.05) is 0 Å². The number of rotatable bonds is 6. The fourth-order valence-corrected chi connectivity index (χ4v) is 8.00. The summed E-state index contributed by atoms with van der Waals surface area (Å²) < 4.78 is 89.8. The van der Waals surface area contributed by atoms with Gasteiger partial charge >= 0.3 is 6.61 Å². The van der Waals surface area contributed by atoms with Crippen molar-refractivity contribution in [1.82, 2.24) is 9.97 Å². The number of nitrogens with two attached hydrogens (primary N) is 1. The topological polar surface area (TPSA) is 120 Å². The minimum absolute atomic E-state index is 0.00279. The maximum atomic E-state index is 15.2. The smallest absolute Gasteiger partial charge is 0.387 e. The molecule has 0 aromatic carbocycles. The predicted molar refractivity (Wildman–Crippen MR) is 130 cm³/mol. The van der Waals surface area contributed by atoms with E-state index < -0.39 is 74.5 Å². The van der Waals surface area contributed by atoms with Gasteiger partial charge in [0.05, 0.1) is 32.6 Å². The first kappa shape index (κ1) is 28.1. The molecule has 0 saturated heterocycles.